The molecule has 208 valence electrons. The summed E-state index contributed by atoms with van der Waals surface area (Å²) in [6, 6.07) is 9.62. The summed E-state index contributed by atoms with van der Waals surface area (Å²) in [5.41, 5.74) is 3.25. The van der Waals surface area contributed by atoms with Gasteiger partial charge in [-0.2, -0.15) is 0 Å². The molecule has 2 unspecified atom stereocenters. The molecule has 4 aromatic rings. The number of nitrogens with zero attached hydrogens (tertiary/aromatic N) is 5. The Kier molecular flexibility index (Phi) is 6.01. The number of hydrogen-bond acceptors (Lipinski definition) is 7. The van der Waals surface area contributed by atoms with E-state index in [4.69, 9.17) is 9.72 Å². The van der Waals surface area contributed by atoms with Crippen molar-refractivity contribution in [1.29, 1.82) is 0 Å². The number of rotatable bonds is 2. The van der Waals surface area contributed by atoms with Crippen LogP contribution in [0.25, 0.3) is 33.2 Å². The maximum absolute atomic E-state index is 13.3. The van der Waals surface area contributed by atoms with Crippen LogP contribution in [0.3, 0.4) is 0 Å². The first kappa shape index (κ1) is 25.0. The number of hydrogen-bond donors (Lipinski definition) is 2. The number of carbonyl (C=O) groups is 1. The number of H-pyrrole nitrogens is 2. The van der Waals surface area contributed by atoms with Crippen LogP contribution in [-0.4, -0.2) is 91.8 Å². The molecule has 2 aromatic heterocycles. The van der Waals surface area contributed by atoms with E-state index < -0.39 is 0 Å². The number of carbonyl (C=O) groups excluding carboxylic acids is 1. The van der Waals surface area contributed by atoms with Crippen LogP contribution < -0.4 is 15.9 Å². The quantitative estimate of drug-likeness (QED) is 0.395. The van der Waals surface area contributed by atoms with E-state index in [1.54, 1.807) is 23.7 Å². The van der Waals surface area contributed by atoms with Gasteiger partial charge in [0, 0.05) is 76.3 Å². The van der Waals surface area contributed by atoms with Crippen molar-refractivity contribution in [3.05, 3.63) is 56.6 Å². The van der Waals surface area contributed by atoms with Crippen LogP contribution in [0.15, 0.2) is 39.9 Å². The van der Waals surface area contributed by atoms with Crippen LogP contribution in [0.4, 0.5) is 0 Å². The Morgan fingerprint density at radius 1 is 1.07 bits per heavy atom. The highest BCUT2D eigenvalue weighted by atomic mass is 16.5. The number of para-hydroxylation sites is 1. The molecule has 11 nitrogen and oxygen atoms in total. The van der Waals surface area contributed by atoms with E-state index in [1.807, 2.05) is 23.1 Å². The third kappa shape index (κ3) is 4.20. The van der Waals surface area contributed by atoms with Gasteiger partial charge in [-0.15, -0.1) is 0 Å². The number of benzene rings is 2. The van der Waals surface area contributed by atoms with Crippen molar-refractivity contribution in [2.45, 2.75) is 45.5 Å². The summed E-state index contributed by atoms with van der Waals surface area (Å²) in [5.74, 6) is 0.799. The highest BCUT2D eigenvalue weighted by Gasteiger charge is 2.32. The Hall–Kier alpha value is -3.96. The molecular formula is C29H33N7O4. The number of fused-ring (bicyclic) bond motifs is 5. The lowest BCUT2D eigenvalue weighted by Gasteiger charge is -2.34. The number of nitrogens with one attached hydrogen (secondary N) is 2. The van der Waals surface area contributed by atoms with Crippen molar-refractivity contribution < 1.29 is 9.53 Å². The molecule has 11 heteroatoms. The molecule has 1 amide bonds. The summed E-state index contributed by atoms with van der Waals surface area (Å²) >= 11 is 0. The topological polar surface area (TPSA) is 120 Å². The molecule has 3 atom stereocenters. The largest absolute Gasteiger partial charge is 0.486 e. The Morgan fingerprint density at radius 2 is 1.90 bits per heavy atom. The van der Waals surface area contributed by atoms with Crippen LogP contribution in [0, 0.1) is 0 Å². The van der Waals surface area contributed by atoms with Gasteiger partial charge in [0.1, 0.15) is 17.3 Å². The highest BCUT2D eigenvalue weighted by Crippen LogP contribution is 2.34. The summed E-state index contributed by atoms with van der Waals surface area (Å²) in [4.78, 5) is 52.9. The first-order valence-electron chi connectivity index (χ1n) is 14.0. The zero-order chi connectivity index (χ0) is 27.5. The average molecular weight is 544 g/mol. The fourth-order valence-electron chi connectivity index (χ4n) is 6.44. The van der Waals surface area contributed by atoms with Crippen molar-refractivity contribution >= 4 is 27.8 Å². The maximum atomic E-state index is 13.3. The Morgan fingerprint density at radius 3 is 2.70 bits per heavy atom. The van der Waals surface area contributed by atoms with Gasteiger partial charge in [-0.3, -0.25) is 34.0 Å². The molecule has 6 bridgehead atoms. The SMILES string of the molecule is CC(=O)N1CCN(Cc2ccc3[nH]c(=O)c4nc3c2OC2C[C@@H](C)N(CCn3[nH]c5c-4cccc5c3=O)C2)CC1. The van der Waals surface area contributed by atoms with Gasteiger partial charge in [-0.25, -0.2) is 4.98 Å². The standard InChI is InChI=1S/C29H33N7O4/c1-17-14-20-16-35(17)12-13-36-29(39)22-5-3-4-21(24(22)32-36)25-28(38)30-23-7-6-19(27(40-20)26(23)31-25)15-33-8-10-34(11-9-33)18(2)37/h3-7,17,20,32H,8-16H2,1-2H3,(H,30,38)/t17-,20?/m1/s1. The summed E-state index contributed by atoms with van der Waals surface area (Å²) in [5, 5.41) is 3.80. The molecule has 2 N–H and O–H groups in total. The predicted molar refractivity (Wildman–Crippen MR) is 152 cm³/mol. The zero-order valence-corrected chi connectivity index (χ0v) is 22.8. The number of aromatic amines is 2. The van der Waals surface area contributed by atoms with Crippen LogP contribution >= 0.6 is 0 Å². The second kappa shape index (κ2) is 9.60. The number of aromatic nitrogens is 4. The molecule has 3 aliphatic rings. The van der Waals surface area contributed by atoms with Crippen LogP contribution in [0.1, 0.15) is 25.8 Å². The van der Waals surface area contributed by atoms with Crippen molar-refractivity contribution in [2.75, 3.05) is 39.3 Å². The fourth-order valence-corrected chi connectivity index (χ4v) is 6.44. The van der Waals surface area contributed by atoms with E-state index >= 15 is 0 Å². The van der Waals surface area contributed by atoms with Crippen molar-refractivity contribution in [3.8, 4) is 17.0 Å². The van der Waals surface area contributed by atoms with Crippen LogP contribution in [0.2, 0.25) is 0 Å². The van der Waals surface area contributed by atoms with E-state index in [2.05, 4.69) is 26.8 Å². The molecule has 40 heavy (non-hydrogen) atoms. The molecule has 2 fully saturated rings. The second-order valence-electron chi connectivity index (χ2n) is 11.3. The third-order valence-corrected chi connectivity index (χ3v) is 8.71. The Balaban J connectivity index is 1.39. The molecule has 0 saturated carbocycles. The summed E-state index contributed by atoms with van der Waals surface area (Å²) in [7, 11) is 0. The molecule has 2 aromatic carbocycles. The van der Waals surface area contributed by atoms with Gasteiger partial charge in [0.05, 0.1) is 23.0 Å². The van der Waals surface area contributed by atoms with Gasteiger partial charge in [0.2, 0.25) is 5.91 Å². The Bertz CT molecular complexity index is 1750. The molecule has 2 saturated heterocycles. The fraction of sp³-hybridized carbons (Fsp3) is 0.448. The van der Waals surface area contributed by atoms with Gasteiger partial charge in [0.15, 0.2) is 5.75 Å². The van der Waals surface area contributed by atoms with Gasteiger partial charge >= 0.3 is 0 Å². The summed E-state index contributed by atoms with van der Waals surface area (Å²) in [6.45, 7) is 9.40. The number of ether oxygens (including phenoxy) is 1. The average Bonchev–Trinajstić information content (AvgIpc) is 3.46. The molecule has 0 radical (unpaired) electrons. The molecule has 0 aliphatic carbocycles. The summed E-state index contributed by atoms with van der Waals surface area (Å²) in [6.07, 6.45) is 0.806. The van der Waals surface area contributed by atoms with Crippen molar-refractivity contribution in [2.24, 2.45) is 0 Å². The van der Waals surface area contributed by atoms with E-state index in [9.17, 15) is 14.4 Å². The highest BCUT2D eigenvalue weighted by molar-refractivity contribution is 5.94. The van der Waals surface area contributed by atoms with E-state index in [-0.39, 0.29) is 28.8 Å². The minimum atomic E-state index is -0.319. The van der Waals surface area contributed by atoms with Gasteiger partial charge in [-0.05, 0) is 19.1 Å². The minimum Gasteiger partial charge on any atom is -0.486 e. The van der Waals surface area contributed by atoms with Crippen molar-refractivity contribution in [3.63, 3.8) is 0 Å². The second-order valence-corrected chi connectivity index (χ2v) is 11.3. The van der Waals surface area contributed by atoms with E-state index in [0.717, 1.165) is 31.6 Å². The van der Waals surface area contributed by atoms with Gasteiger partial charge < -0.3 is 14.6 Å². The van der Waals surface area contributed by atoms with E-state index in [1.165, 1.54) is 0 Å². The van der Waals surface area contributed by atoms with Crippen LogP contribution in [0.5, 0.6) is 5.75 Å². The lowest BCUT2D eigenvalue weighted by atomic mass is 10.1. The third-order valence-electron chi connectivity index (χ3n) is 8.71. The predicted octanol–water partition coefficient (Wildman–Crippen LogP) is 1.75. The zero-order valence-electron chi connectivity index (χ0n) is 22.8. The summed E-state index contributed by atoms with van der Waals surface area (Å²) < 4.78 is 8.42. The molecule has 7 rings (SSSR count). The van der Waals surface area contributed by atoms with E-state index in [0.29, 0.717) is 72.0 Å². The number of piperazine rings is 1. The monoisotopic (exact) mass is 543 g/mol. The first-order chi connectivity index (χ1) is 19.4. The van der Waals surface area contributed by atoms with Crippen LogP contribution in [-0.2, 0) is 17.9 Å². The molecular weight excluding hydrogens is 510 g/mol. The smallest absolute Gasteiger partial charge is 0.275 e. The lowest BCUT2D eigenvalue weighted by Crippen LogP contribution is -2.47. The maximum Gasteiger partial charge on any atom is 0.275 e. The van der Waals surface area contributed by atoms with Crippen molar-refractivity contribution in [1.82, 2.24) is 34.4 Å². The van der Waals surface area contributed by atoms with Gasteiger partial charge in [-0.1, -0.05) is 18.2 Å². The Labute approximate surface area is 230 Å². The first-order valence-corrected chi connectivity index (χ1v) is 14.0. The minimum absolute atomic E-state index is 0.0483. The lowest BCUT2D eigenvalue weighted by molar-refractivity contribution is -0.130. The van der Waals surface area contributed by atoms with Gasteiger partial charge in [0.25, 0.3) is 11.1 Å². The number of amides is 1. The molecule has 3 aliphatic heterocycles. The normalized spacial score (nSPS) is 23.1. The molecule has 5 heterocycles. The molecule has 0 spiro atoms.